The Labute approximate surface area is 172 Å². The van der Waals surface area contributed by atoms with Crippen LogP contribution in [0.25, 0.3) is 12.2 Å². The predicted molar refractivity (Wildman–Crippen MR) is 112 cm³/mol. The second-order valence-electron chi connectivity index (χ2n) is 6.19. The summed E-state index contributed by atoms with van der Waals surface area (Å²) in [5.41, 5.74) is 6.90. The number of nitrogens with zero attached hydrogens (tertiary/aromatic N) is 2. The molecule has 152 valence electrons. The van der Waals surface area contributed by atoms with Gasteiger partial charge in [0.05, 0.1) is 18.4 Å². The van der Waals surface area contributed by atoms with Gasteiger partial charge in [0.1, 0.15) is 5.82 Å². The number of nitrogens with one attached hydrogen (secondary N) is 1. The average molecular weight is 406 g/mol. The molecule has 3 aromatic rings. The van der Waals surface area contributed by atoms with Gasteiger partial charge in [-0.15, -0.1) is 0 Å². The van der Waals surface area contributed by atoms with E-state index in [-0.39, 0.29) is 11.4 Å². The topological polar surface area (TPSA) is 99.2 Å². The van der Waals surface area contributed by atoms with E-state index in [0.717, 1.165) is 23.3 Å². The summed E-state index contributed by atoms with van der Waals surface area (Å²) >= 11 is 0. The Hall–Kier alpha value is -4.20. The molecule has 0 bridgehead atoms. The van der Waals surface area contributed by atoms with E-state index in [4.69, 9.17) is 10.5 Å². The molecule has 7 nitrogen and oxygen atoms in total. The summed E-state index contributed by atoms with van der Waals surface area (Å²) in [7, 11) is 0. The molecule has 0 unspecified atom stereocenters. The quantitative estimate of drug-likeness (QED) is 0.582. The molecule has 0 aliphatic rings. The zero-order valence-corrected chi connectivity index (χ0v) is 15.9. The molecule has 3 N–H and O–H groups in total. The van der Waals surface area contributed by atoms with Gasteiger partial charge in [-0.25, -0.2) is 9.18 Å². The van der Waals surface area contributed by atoms with E-state index in [1.165, 1.54) is 12.1 Å². The van der Waals surface area contributed by atoms with Gasteiger partial charge in [0.25, 0.3) is 0 Å². The van der Waals surface area contributed by atoms with E-state index >= 15 is 0 Å². The molecule has 8 heteroatoms. The van der Waals surface area contributed by atoms with Crippen LogP contribution in [0, 0.1) is 5.82 Å². The summed E-state index contributed by atoms with van der Waals surface area (Å²) in [6.45, 7) is 0.582. The summed E-state index contributed by atoms with van der Waals surface area (Å²) in [6.07, 6.45) is 9.16. The van der Waals surface area contributed by atoms with Crippen LogP contribution in [-0.2, 0) is 11.3 Å². The summed E-state index contributed by atoms with van der Waals surface area (Å²) in [4.78, 5) is 23.1. The van der Waals surface area contributed by atoms with Crippen molar-refractivity contribution in [2.75, 3.05) is 5.32 Å². The van der Waals surface area contributed by atoms with Crippen LogP contribution in [0.5, 0.6) is 5.75 Å². The largest absolute Gasteiger partial charge is 0.410 e. The highest BCUT2D eigenvalue weighted by Gasteiger charge is 2.10. The van der Waals surface area contributed by atoms with Gasteiger partial charge in [0.15, 0.2) is 5.75 Å². The molecular weight excluding hydrogens is 387 g/mol. The van der Waals surface area contributed by atoms with Gasteiger partial charge in [-0.1, -0.05) is 42.5 Å². The minimum absolute atomic E-state index is 0.117. The number of aromatic nitrogens is 2. The van der Waals surface area contributed by atoms with Crippen molar-refractivity contribution >= 4 is 29.8 Å². The van der Waals surface area contributed by atoms with Crippen LogP contribution in [0.4, 0.5) is 14.9 Å². The minimum atomic E-state index is -1.11. The number of rotatable bonds is 7. The Morgan fingerprint density at radius 1 is 1.13 bits per heavy atom. The second-order valence-corrected chi connectivity index (χ2v) is 6.19. The first-order chi connectivity index (χ1) is 14.5. The zero-order chi connectivity index (χ0) is 21.3. The number of benzene rings is 2. The maximum absolute atomic E-state index is 13.3. The van der Waals surface area contributed by atoms with Gasteiger partial charge >= 0.3 is 6.09 Å². The number of primary amides is 1. The average Bonchev–Trinajstić information content (AvgIpc) is 3.17. The molecule has 3 rings (SSSR count). The van der Waals surface area contributed by atoms with E-state index < -0.39 is 17.8 Å². The second kappa shape index (κ2) is 9.83. The number of amides is 2. The first-order valence-electron chi connectivity index (χ1n) is 8.99. The van der Waals surface area contributed by atoms with Crippen LogP contribution >= 0.6 is 0 Å². The van der Waals surface area contributed by atoms with E-state index in [2.05, 4.69) is 10.4 Å². The van der Waals surface area contributed by atoms with Gasteiger partial charge in [0, 0.05) is 23.9 Å². The van der Waals surface area contributed by atoms with Crippen molar-refractivity contribution in [3.05, 3.63) is 90.0 Å². The smallest absolute Gasteiger partial charge is 0.408 e. The van der Waals surface area contributed by atoms with Gasteiger partial charge in [-0.2, -0.15) is 5.10 Å². The number of hydrogen-bond donors (Lipinski definition) is 2. The van der Waals surface area contributed by atoms with Crippen molar-refractivity contribution in [1.29, 1.82) is 0 Å². The lowest BCUT2D eigenvalue weighted by Crippen LogP contribution is -2.18. The molecule has 30 heavy (non-hydrogen) atoms. The van der Waals surface area contributed by atoms with E-state index in [1.54, 1.807) is 23.2 Å². The molecule has 2 amide bonds. The van der Waals surface area contributed by atoms with Crippen molar-refractivity contribution in [1.82, 2.24) is 9.78 Å². The van der Waals surface area contributed by atoms with Crippen LogP contribution in [0.15, 0.2) is 73.1 Å². The Morgan fingerprint density at radius 2 is 1.93 bits per heavy atom. The zero-order valence-electron chi connectivity index (χ0n) is 15.9. The lowest BCUT2D eigenvalue weighted by atomic mass is 10.2. The van der Waals surface area contributed by atoms with Crippen LogP contribution in [-0.4, -0.2) is 21.8 Å². The summed E-state index contributed by atoms with van der Waals surface area (Å²) < 4.78 is 19.8. The molecule has 0 saturated heterocycles. The first kappa shape index (κ1) is 20.5. The minimum Gasteiger partial charge on any atom is -0.408 e. The molecule has 0 atom stereocenters. The van der Waals surface area contributed by atoms with Crippen LogP contribution in [0.3, 0.4) is 0 Å². The third-order valence-electron chi connectivity index (χ3n) is 3.89. The van der Waals surface area contributed by atoms with Crippen molar-refractivity contribution in [2.24, 2.45) is 5.73 Å². The van der Waals surface area contributed by atoms with Crippen molar-refractivity contribution < 1.29 is 18.7 Å². The van der Waals surface area contributed by atoms with Gasteiger partial charge in [-0.05, 0) is 23.8 Å². The Kier molecular flexibility index (Phi) is 6.73. The summed E-state index contributed by atoms with van der Waals surface area (Å²) in [5, 5.41) is 6.74. The highest BCUT2D eigenvalue weighted by atomic mass is 19.1. The molecule has 0 spiro atoms. The van der Waals surface area contributed by atoms with Crippen molar-refractivity contribution in [3.63, 3.8) is 0 Å². The molecule has 0 aliphatic heterocycles. The maximum atomic E-state index is 13.3. The highest BCUT2D eigenvalue weighted by Crippen LogP contribution is 2.25. The van der Waals surface area contributed by atoms with Gasteiger partial charge in [0.2, 0.25) is 5.91 Å². The lowest BCUT2D eigenvalue weighted by Gasteiger charge is -2.08. The molecule has 0 fully saturated rings. The number of carbonyl (C=O) groups excluding carboxylic acids is 2. The van der Waals surface area contributed by atoms with Crippen LogP contribution in [0.1, 0.15) is 11.1 Å². The van der Waals surface area contributed by atoms with Crippen molar-refractivity contribution in [3.8, 4) is 5.75 Å². The fourth-order valence-electron chi connectivity index (χ4n) is 2.56. The van der Waals surface area contributed by atoms with Crippen LogP contribution < -0.4 is 15.8 Å². The summed E-state index contributed by atoms with van der Waals surface area (Å²) in [5.74, 6) is -1.30. The monoisotopic (exact) mass is 406 g/mol. The number of ether oxygens (including phenoxy) is 1. The first-order valence-corrected chi connectivity index (χ1v) is 8.99. The predicted octanol–water partition coefficient (Wildman–Crippen LogP) is 3.85. The van der Waals surface area contributed by atoms with Crippen molar-refractivity contribution in [2.45, 2.75) is 6.54 Å². The Bertz CT molecular complexity index is 1090. The fourth-order valence-corrected chi connectivity index (χ4v) is 2.56. The number of halogens is 1. The molecule has 0 aliphatic carbocycles. The van der Waals surface area contributed by atoms with E-state index in [1.807, 2.05) is 42.5 Å². The third-order valence-corrected chi connectivity index (χ3v) is 3.89. The number of anilines is 1. The van der Waals surface area contributed by atoms with Crippen LogP contribution in [0.2, 0.25) is 0 Å². The molecule has 0 radical (unpaired) electrons. The molecule has 1 aromatic heterocycles. The number of nitrogens with two attached hydrogens (primary N) is 1. The highest BCUT2D eigenvalue weighted by molar-refractivity contribution is 6.02. The molecule has 0 saturated carbocycles. The normalized spacial score (nSPS) is 11.1. The number of hydrogen-bond acceptors (Lipinski definition) is 4. The van der Waals surface area contributed by atoms with E-state index in [9.17, 15) is 14.0 Å². The lowest BCUT2D eigenvalue weighted by molar-refractivity contribution is -0.111. The van der Waals surface area contributed by atoms with E-state index in [0.29, 0.717) is 6.54 Å². The van der Waals surface area contributed by atoms with Gasteiger partial charge in [-0.3, -0.25) is 9.48 Å². The number of allylic oxidation sites excluding steroid dienone is 1. The third kappa shape index (κ3) is 6.16. The SMILES string of the molecule is NC(=O)Oc1cc(F)ccc1NC(=O)/C=C/c1cnn(CC=Cc2ccccc2)c1. The standard InChI is InChI=1S/C22H19FN4O3/c23-18-9-10-19(20(13-18)30-22(24)29)26-21(28)11-8-17-14-25-27(15-17)12-4-7-16-5-2-1-3-6-16/h1-11,13-15H,12H2,(H2,24,29)(H,26,28)/b7-4?,11-8+. The van der Waals surface area contributed by atoms with Gasteiger partial charge < -0.3 is 15.8 Å². The number of carbonyl (C=O) groups is 2. The fraction of sp³-hybridized carbons (Fsp3) is 0.0455. The molecule has 1 heterocycles. The maximum Gasteiger partial charge on any atom is 0.410 e. The summed E-state index contributed by atoms with van der Waals surface area (Å²) in [6, 6.07) is 13.3. The Morgan fingerprint density at radius 3 is 2.70 bits per heavy atom. The molecular formula is C22H19FN4O3. The molecule has 2 aromatic carbocycles. The Balaban J connectivity index is 1.58.